The van der Waals surface area contributed by atoms with Gasteiger partial charge in [-0.1, -0.05) is 32.1 Å². The monoisotopic (exact) mass is 530 g/mol. The molecule has 0 amide bonds. The van der Waals surface area contributed by atoms with E-state index in [4.69, 9.17) is 9.97 Å². The van der Waals surface area contributed by atoms with Crippen LogP contribution in [0.1, 0.15) is 25.8 Å². The summed E-state index contributed by atoms with van der Waals surface area (Å²) in [7, 11) is 0. The molecule has 8 nitrogen and oxygen atoms in total. The maximum absolute atomic E-state index is 14.2. The van der Waals surface area contributed by atoms with Gasteiger partial charge < -0.3 is 16.0 Å². The van der Waals surface area contributed by atoms with Gasteiger partial charge in [-0.2, -0.15) is 9.37 Å². The standard InChI is InChI=1S/C28H25F3N8/c1-28(2)14-32-8-7-21(28)36-27-23-17(15-4-3-5-15)12-33-13-20(23)35-25(39-27)16-6-9-34-22(10-16)37-26-19(30)11-18(29)24(31)38-26/h3-6,9-13,21,32H,7-8,14H2,1-2H3,(H,34,37,38)(H,35,36,39). The van der Waals surface area contributed by atoms with E-state index in [-0.39, 0.29) is 17.3 Å². The van der Waals surface area contributed by atoms with E-state index in [1.165, 1.54) is 6.20 Å². The summed E-state index contributed by atoms with van der Waals surface area (Å²) in [6.45, 7) is 6.20. The molecule has 1 unspecified atom stereocenters. The lowest BCUT2D eigenvalue weighted by Gasteiger charge is -2.40. The van der Waals surface area contributed by atoms with Gasteiger partial charge in [0.15, 0.2) is 23.3 Å². The second kappa shape index (κ2) is 9.73. The SMILES string of the molecule is CC1(C)CNCCC1Nc1nc(-c2ccnc(Nc3nc(F)c(F)cc3F)c2)nc2cncc(C3=CC=C3)c12. The van der Waals surface area contributed by atoms with Crippen LogP contribution in [0.4, 0.5) is 30.6 Å². The van der Waals surface area contributed by atoms with Crippen molar-refractivity contribution in [2.45, 2.75) is 26.3 Å². The van der Waals surface area contributed by atoms with Crippen LogP contribution in [-0.4, -0.2) is 44.1 Å². The summed E-state index contributed by atoms with van der Waals surface area (Å²) in [5, 5.41) is 10.6. The summed E-state index contributed by atoms with van der Waals surface area (Å²) in [6.07, 6.45) is 12.0. The highest BCUT2D eigenvalue weighted by Gasteiger charge is 2.33. The molecule has 1 aliphatic heterocycles. The van der Waals surface area contributed by atoms with E-state index in [2.05, 4.69) is 44.7 Å². The number of piperidine rings is 1. The number of nitrogens with one attached hydrogen (secondary N) is 3. The average molecular weight is 531 g/mol. The van der Waals surface area contributed by atoms with Crippen molar-refractivity contribution in [1.29, 1.82) is 0 Å². The Morgan fingerprint density at radius 3 is 2.64 bits per heavy atom. The van der Waals surface area contributed by atoms with Crippen molar-refractivity contribution in [1.82, 2.24) is 30.2 Å². The minimum atomic E-state index is -1.41. The van der Waals surface area contributed by atoms with E-state index in [1.54, 1.807) is 18.3 Å². The molecule has 2 aliphatic rings. The lowest BCUT2D eigenvalue weighted by atomic mass is 9.80. The second-order valence-corrected chi connectivity index (χ2v) is 10.3. The smallest absolute Gasteiger partial charge is 0.251 e. The minimum Gasteiger partial charge on any atom is -0.366 e. The summed E-state index contributed by atoms with van der Waals surface area (Å²) in [5.74, 6) is -3.06. The fourth-order valence-electron chi connectivity index (χ4n) is 4.80. The quantitative estimate of drug-likeness (QED) is 0.285. The fourth-order valence-corrected chi connectivity index (χ4v) is 4.80. The molecular weight excluding hydrogens is 505 g/mol. The molecule has 4 aromatic rings. The Hall–Kier alpha value is -4.38. The summed E-state index contributed by atoms with van der Waals surface area (Å²) in [5.41, 5.74) is 3.21. The Balaban J connectivity index is 1.43. The molecule has 1 fully saturated rings. The van der Waals surface area contributed by atoms with Crippen molar-refractivity contribution < 1.29 is 13.2 Å². The molecule has 0 bridgehead atoms. The zero-order valence-electron chi connectivity index (χ0n) is 21.3. The highest BCUT2D eigenvalue weighted by molar-refractivity contribution is 6.02. The molecule has 3 N–H and O–H groups in total. The van der Waals surface area contributed by atoms with Crippen LogP contribution >= 0.6 is 0 Å². The first-order valence-electron chi connectivity index (χ1n) is 12.6. The van der Waals surface area contributed by atoms with Crippen molar-refractivity contribution in [3.63, 3.8) is 0 Å². The van der Waals surface area contributed by atoms with E-state index < -0.39 is 23.4 Å². The van der Waals surface area contributed by atoms with Crippen molar-refractivity contribution in [3.05, 3.63) is 78.2 Å². The Kier molecular flexibility index (Phi) is 6.22. The molecule has 6 rings (SSSR count). The van der Waals surface area contributed by atoms with E-state index in [1.807, 2.05) is 24.4 Å². The first-order chi connectivity index (χ1) is 18.8. The predicted molar refractivity (Wildman–Crippen MR) is 144 cm³/mol. The maximum atomic E-state index is 14.2. The highest BCUT2D eigenvalue weighted by Crippen LogP contribution is 2.36. The molecule has 39 heavy (non-hydrogen) atoms. The Morgan fingerprint density at radius 2 is 1.87 bits per heavy atom. The number of allylic oxidation sites excluding steroid dienone is 4. The third-order valence-corrected chi connectivity index (χ3v) is 7.07. The van der Waals surface area contributed by atoms with Crippen LogP contribution in [0.5, 0.6) is 0 Å². The summed E-state index contributed by atoms with van der Waals surface area (Å²) < 4.78 is 41.1. The van der Waals surface area contributed by atoms with Crippen molar-refractivity contribution in [2.24, 2.45) is 5.41 Å². The zero-order valence-corrected chi connectivity index (χ0v) is 21.3. The first-order valence-corrected chi connectivity index (χ1v) is 12.6. The molecule has 11 heteroatoms. The molecule has 0 radical (unpaired) electrons. The van der Waals surface area contributed by atoms with Crippen LogP contribution in [-0.2, 0) is 0 Å². The second-order valence-electron chi connectivity index (χ2n) is 10.3. The van der Waals surface area contributed by atoms with Crippen LogP contribution in [0.2, 0.25) is 0 Å². The number of hydrogen-bond acceptors (Lipinski definition) is 8. The minimum absolute atomic E-state index is 0.0201. The van der Waals surface area contributed by atoms with Gasteiger partial charge in [0.1, 0.15) is 11.6 Å². The van der Waals surface area contributed by atoms with Gasteiger partial charge in [-0.15, -0.1) is 0 Å². The third-order valence-electron chi connectivity index (χ3n) is 7.07. The molecule has 4 aromatic heterocycles. The van der Waals surface area contributed by atoms with Gasteiger partial charge >= 0.3 is 0 Å². The number of aromatic nitrogens is 5. The number of rotatable bonds is 6. The lowest BCUT2D eigenvalue weighted by molar-refractivity contribution is 0.236. The molecule has 0 saturated carbocycles. The summed E-state index contributed by atoms with van der Waals surface area (Å²) >= 11 is 0. The number of halogens is 3. The number of fused-ring (bicyclic) bond motifs is 1. The fraction of sp³-hybridized carbons (Fsp3) is 0.250. The zero-order chi connectivity index (χ0) is 27.1. The van der Waals surface area contributed by atoms with Crippen LogP contribution in [0.15, 0.2) is 55.0 Å². The van der Waals surface area contributed by atoms with Gasteiger partial charge in [0.2, 0.25) is 0 Å². The molecule has 1 aliphatic carbocycles. The molecular formula is C28H25F3N8. The van der Waals surface area contributed by atoms with E-state index in [0.717, 1.165) is 36.0 Å². The molecule has 1 atom stereocenters. The van der Waals surface area contributed by atoms with Gasteiger partial charge in [-0.05, 0) is 36.1 Å². The van der Waals surface area contributed by atoms with Crippen molar-refractivity contribution in [3.8, 4) is 11.4 Å². The van der Waals surface area contributed by atoms with Gasteiger partial charge in [0.25, 0.3) is 5.95 Å². The topological polar surface area (TPSA) is 101 Å². The number of anilines is 3. The van der Waals surface area contributed by atoms with Crippen LogP contribution in [0.25, 0.3) is 27.9 Å². The van der Waals surface area contributed by atoms with E-state index in [0.29, 0.717) is 28.8 Å². The normalized spacial score (nSPS) is 18.0. The Morgan fingerprint density at radius 1 is 1.03 bits per heavy atom. The molecule has 0 spiro atoms. The van der Waals surface area contributed by atoms with Crippen molar-refractivity contribution in [2.75, 3.05) is 23.7 Å². The van der Waals surface area contributed by atoms with E-state index >= 15 is 0 Å². The average Bonchev–Trinajstić information content (AvgIpc) is 2.87. The number of hydrogen-bond donors (Lipinski definition) is 3. The largest absolute Gasteiger partial charge is 0.366 e. The number of pyridine rings is 3. The molecule has 5 heterocycles. The summed E-state index contributed by atoms with van der Waals surface area (Å²) in [6, 6.07) is 3.90. The summed E-state index contributed by atoms with van der Waals surface area (Å²) in [4.78, 5) is 21.6. The Bertz CT molecular complexity index is 1650. The van der Waals surface area contributed by atoms with Crippen LogP contribution < -0.4 is 16.0 Å². The van der Waals surface area contributed by atoms with Crippen molar-refractivity contribution >= 4 is 33.9 Å². The Labute approximate surface area is 222 Å². The van der Waals surface area contributed by atoms with Gasteiger partial charge in [-0.25, -0.2) is 23.7 Å². The van der Waals surface area contributed by atoms with Gasteiger partial charge in [0.05, 0.1) is 17.1 Å². The molecule has 198 valence electrons. The molecule has 0 aromatic carbocycles. The number of nitrogens with zero attached hydrogens (tertiary/aromatic N) is 5. The van der Waals surface area contributed by atoms with Crippen LogP contribution in [0.3, 0.4) is 0 Å². The molecule has 1 saturated heterocycles. The first kappa shape index (κ1) is 24.9. The predicted octanol–water partition coefficient (Wildman–Crippen LogP) is 5.40. The maximum Gasteiger partial charge on any atom is 0.251 e. The van der Waals surface area contributed by atoms with Crippen LogP contribution in [0, 0.1) is 23.0 Å². The van der Waals surface area contributed by atoms with E-state index in [9.17, 15) is 13.2 Å². The lowest BCUT2D eigenvalue weighted by Crippen LogP contribution is -2.49. The third kappa shape index (κ3) is 4.81. The highest BCUT2D eigenvalue weighted by atomic mass is 19.2. The van der Waals surface area contributed by atoms with Gasteiger partial charge in [-0.3, -0.25) is 4.98 Å². The van der Waals surface area contributed by atoms with Gasteiger partial charge in [0, 0.05) is 42.2 Å².